The predicted molar refractivity (Wildman–Crippen MR) is 114 cm³/mol. The molecule has 2 aromatic carbocycles. The first-order chi connectivity index (χ1) is 13.1. The molecule has 0 aliphatic carbocycles. The van der Waals surface area contributed by atoms with Gasteiger partial charge in [0.05, 0.1) is 10.1 Å². The van der Waals surface area contributed by atoms with E-state index in [9.17, 15) is 9.59 Å². The summed E-state index contributed by atoms with van der Waals surface area (Å²) in [6, 6.07) is 13.4. The van der Waals surface area contributed by atoms with Crippen LogP contribution in [-0.2, 0) is 16.0 Å². The number of rotatable bonds is 6. The Hall–Kier alpha value is -1.92. The third-order valence-corrected chi connectivity index (χ3v) is 7.48. The molecule has 1 heterocycles. The Labute approximate surface area is 168 Å². The zero-order valence-corrected chi connectivity index (χ0v) is 17.1. The molecule has 0 unspecified atom stereocenters. The van der Waals surface area contributed by atoms with Gasteiger partial charge in [-0.05, 0) is 42.2 Å². The Morgan fingerprint density at radius 3 is 2.48 bits per heavy atom. The highest BCUT2D eigenvalue weighted by Crippen LogP contribution is 2.45. The van der Waals surface area contributed by atoms with E-state index in [1.807, 2.05) is 67.7 Å². The van der Waals surface area contributed by atoms with Crippen molar-refractivity contribution in [2.45, 2.75) is 24.9 Å². The van der Waals surface area contributed by atoms with Crippen LogP contribution in [0, 0.1) is 6.92 Å². The van der Waals surface area contributed by atoms with E-state index < -0.39 is 5.97 Å². The molecule has 142 valence electrons. The zero-order chi connectivity index (χ0) is 19.2. The van der Waals surface area contributed by atoms with Gasteiger partial charge in [-0.2, -0.15) is 0 Å². The highest BCUT2D eigenvalue weighted by Gasteiger charge is 2.19. The van der Waals surface area contributed by atoms with Gasteiger partial charge in [-0.1, -0.05) is 37.3 Å². The van der Waals surface area contributed by atoms with Gasteiger partial charge in [0.2, 0.25) is 0 Å². The normalized spacial score (nSPS) is 14.1. The van der Waals surface area contributed by atoms with Gasteiger partial charge in [-0.25, -0.2) is 4.79 Å². The molecule has 4 nitrogen and oxygen atoms in total. The summed E-state index contributed by atoms with van der Waals surface area (Å²) in [4.78, 5) is 24.4. The minimum atomic E-state index is -0.482. The molecule has 0 saturated carbocycles. The highest BCUT2D eigenvalue weighted by molar-refractivity contribution is 8.19. The third kappa shape index (κ3) is 5.08. The van der Waals surface area contributed by atoms with Crippen LogP contribution in [0.4, 0.5) is 5.69 Å². The minimum Gasteiger partial charge on any atom is -0.452 e. The summed E-state index contributed by atoms with van der Waals surface area (Å²) in [5.74, 6) is 1.51. The fourth-order valence-corrected chi connectivity index (χ4v) is 5.78. The molecule has 1 aliphatic rings. The van der Waals surface area contributed by atoms with E-state index in [4.69, 9.17) is 4.74 Å². The summed E-state index contributed by atoms with van der Waals surface area (Å²) in [5, 5.41) is 2.86. The van der Waals surface area contributed by atoms with Crippen molar-refractivity contribution in [3.05, 3.63) is 64.7 Å². The van der Waals surface area contributed by atoms with Gasteiger partial charge in [-0.3, -0.25) is 4.79 Å². The topological polar surface area (TPSA) is 55.4 Å². The lowest BCUT2D eigenvalue weighted by Crippen LogP contribution is -2.22. The maximum Gasteiger partial charge on any atom is 0.338 e. The number of carbonyl (C=O) groups excluding carboxylic acids is 2. The average Bonchev–Trinajstić information content (AvgIpc) is 3.22. The van der Waals surface area contributed by atoms with Crippen molar-refractivity contribution in [1.82, 2.24) is 0 Å². The van der Waals surface area contributed by atoms with Crippen LogP contribution in [0.2, 0.25) is 0 Å². The lowest BCUT2D eigenvalue weighted by molar-refractivity contribution is -0.119. The summed E-state index contributed by atoms with van der Waals surface area (Å²) in [6.07, 6.45) is 0.820. The summed E-state index contributed by atoms with van der Waals surface area (Å²) < 4.78 is 5.63. The van der Waals surface area contributed by atoms with Crippen molar-refractivity contribution in [3.8, 4) is 0 Å². The number of nitrogens with one attached hydrogen (secondary N) is 1. The number of hydrogen-bond acceptors (Lipinski definition) is 5. The first-order valence-electron chi connectivity index (χ1n) is 8.97. The fourth-order valence-electron chi connectivity index (χ4n) is 2.92. The lowest BCUT2D eigenvalue weighted by atomic mass is 10.1. The molecule has 1 saturated heterocycles. The van der Waals surface area contributed by atoms with Gasteiger partial charge in [0.25, 0.3) is 5.91 Å². The van der Waals surface area contributed by atoms with Gasteiger partial charge < -0.3 is 10.1 Å². The van der Waals surface area contributed by atoms with Crippen molar-refractivity contribution in [2.24, 2.45) is 0 Å². The van der Waals surface area contributed by atoms with Crippen LogP contribution in [0.3, 0.4) is 0 Å². The number of anilines is 1. The van der Waals surface area contributed by atoms with Crippen molar-refractivity contribution in [1.29, 1.82) is 0 Å². The summed E-state index contributed by atoms with van der Waals surface area (Å²) in [7, 11) is 0. The number of para-hydroxylation sites is 1. The Morgan fingerprint density at radius 1 is 1.11 bits per heavy atom. The second-order valence-corrected chi connectivity index (χ2v) is 9.01. The maximum absolute atomic E-state index is 12.2. The second-order valence-electron chi connectivity index (χ2n) is 6.28. The first-order valence-corrected chi connectivity index (χ1v) is 11.1. The zero-order valence-electron chi connectivity index (χ0n) is 15.5. The molecule has 27 heavy (non-hydrogen) atoms. The van der Waals surface area contributed by atoms with Gasteiger partial charge >= 0.3 is 5.97 Å². The van der Waals surface area contributed by atoms with Crippen LogP contribution in [-0.4, -0.2) is 30.0 Å². The van der Waals surface area contributed by atoms with E-state index >= 15 is 0 Å². The molecule has 1 N–H and O–H groups in total. The maximum atomic E-state index is 12.2. The van der Waals surface area contributed by atoms with Crippen LogP contribution in [0.25, 0.3) is 0 Å². The minimum absolute atomic E-state index is 0.299. The van der Waals surface area contributed by atoms with E-state index in [2.05, 4.69) is 5.32 Å². The van der Waals surface area contributed by atoms with Crippen LogP contribution < -0.4 is 5.32 Å². The molecular weight excluding hydrogens is 378 g/mol. The standard InChI is InChI=1S/C21H23NO3S2/c1-3-15-6-4-5-14(2)19(15)22-18(23)13-25-20(24)16-7-9-17(10-8-16)21-26-11-12-27-21/h4-10,21H,3,11-13H2,1-2H3,(H,22,23). The molecule has 2 aromatic rings. The van der Waals surface area contributed by atoms with Crippen LogP contribution >= 0.6 is 23.5 Å². The second kappa shape index (κ2) is 9.33. The van der Waals surface area contributed by atoms with Crippen molar-refractivity contribution in [3.63, 3.8) is 0 Å². The van der Waals surface area contributed by atoms with Crippen LogP contribution in [0.1, 0.15) is 38.6 Å². The largest absolute Gasteiger partial charge is 0.452 e. The number of esters is 1. The average molecular weight is 402 g/mol. The molecule has 3 rings (SSSR count). The molecule has 1 aliphatic heterocycles. The highest BCUT2D eigenvalue weighted by atomic mass is 32.2. The van der Waals surface area contributed by atoms with Gasteiger partial charge in [0.1, 0.15) is 0 Å². The van der Waals surface area contributed by atoms with Crippen LogP contribution in [0.5, 0.6) is 0 Å². The molecule has 0 atom stereocenters. The number of aryl methyl sites for hydroxylation is 2. The molecule has 0 spiro atoms. The number of thioether (sulfide) groups is 2. The summed E-state index contributed by atoms with van der Waals surface area (Å²) in [6.45, 7) is 3.69. The Bertz CT molecular complexity index is 815. The number of amides is 1. The number of carbonyl (C=O) groups is 2. The first kappa shape index (κ1) is 19.8. The van der Waals surface area contributed by atoms with E-state index in [1.165, 1.54) is 5.56 Å². The summed E-state index contributed by atoms with van der Waals surface area (Å²) in [5.41, 5.74) is 4.53. The quantitative estimate of drug-likeness (QED) is 0.703. The molecule has 1 amide bonds. The predicted octanol–water partition coefficient (Wildman–Crippen LogP) is 4.83. The molecule has 6 heteroatoms. The van der Waals surface area contributed by atoms with Gasteiger partial charge in [0, 0.05) is 17.2 Å². The van der Waals surface area contributed by atoms with Crippen molar-refractivity contribution < 1.29 is 14.3 Å². The number of benzene rings is 2. The molecule has 0 aromatic heterocycles. The number of hydrogen-bond donors (Lipinski definition) is 1. The van der Waals surface area contributed by atoms with Crippen molar-refractivity contribution in [2.75, 3.05) is 23.4 Å². The SMILES string of the molecule is CCc1cccc(C)c1NC(=O)COC(=O)c1ccc(C2SCCS2)cc1. The monoisotopic (exact) mass is 401 g/mol. The van der Waals surface area contributed by atoms with Crippen LogP contribution in [0.15, 0.2) is 42.5 Å². The smallest absolute Gasteiger partial charge is 0.338 e. The Kier molecular flexibility index (Phi) is 6.85. The molecule has 0 radical (unpaired) electrons. The molecular formula is C21H23NO3S2. The van der Waals surface area contributed by atoms with Gasteiger partial charge in [0.15, 0.2) is 6.61 Å². The van der Waals surface area contributed by atoms with E-state index in [1.54, 1.807) is 12.1 Å². The lowest BCUT2D eigenvalue weighted by Gasteiger charge is -2.13. The number of ether oxygens (including phenoxy) is 1. The Balaban J connectivity index is 1.55. The third-order valence-electron chi connectivity index (χ3n) is 4.38. The Morgan fingerprint density at radius 2 is 1.81 bits per heavy atom. The van der Waals surface area contributed by atoms with E-state index in [0.717, 1.165) is 34.7 Å². The molecule has 1 fully saturated rings. The summed E-state index contributed by atoms with van der Waals surface area (Å²) >= 11 is 3.85. The van der Waals surface area contributed by atoms with Gasteiger partial charge in [-0.15, -0.1) is 23.5 Å². The molecule has 0 bridgehead atoms. The van der Waals surface area contributed by atoms with E-state index in [0.29, 0.717) is 10.1 Å². The van der Waals surface area contributed by atoms with Crippen molar-refractivity contribution >= 4 is 41.1 Å². The fraction of sp³-hybridized carbons (Fsp3) is 0.333. The van der Waals surface area contributed by atoms with E-state index in [-0.39, 0.29) is 12.5 Å².